The van der Waals surface area contributed by atoms with Gasteiger partial charge in [-0.3, -0.25) is 4.79 Å². The lowest BCUT2D eigenvalue weighted by Crippen LogP contribution is -2.23. The topological polar surface area (TPSA) is 49.3 Å². The van der Waals surface area contributed by atoms with E-state index >= 15 is 0 Å². The highest BCUT2D eigenvalue weighted by molar-refractivity contribution is 5.96. The van der Waals surface area contributed by atoms with E-state index in [0.29, 0.717) is 5.56 Å². The van der Waals surface area contributed by atoms with Gasteiger partial charge in [0.25, 0.3) is 5.91 Å². The van der Waals surface area contributed by atoms with Gasteiger partial charge < -0.3 is 10.4 Å². The van der Waals surface area contributed by atoms with Crippen LogP contribution in [0.15, 0.2) is 42.5 Å². The molecule has 5 heteroatoms. The maximum atomic E-state index is 13.3. The van der Waals surface area contributed by atoms with Crippen LogP contribution < -0.4 is 5.32 Å². The van der Waals surface area contributed by atoms with Gasteiger partial charge in [-0.25, -0.2) is 8.78 Å². The van der Waals surface area contributed by atoms with E-state index in [4.69, 9.17) is 0 Å². The van der Waals surface area contributed by atoms with Crippen LogP contribution in [-0.4, -0.2) is 11.0 Å². The Morgan fingerprint density at radius 2 is 1.89 bits per heavy atom. The second-order valence-electron chi connectivity index (χ2n) is 3.94. The first-order valence-corrected chi connectivity index (χ1v) is 5.58. The Bertz CT molecular complexity index is 614. The van der Waals surface area contributed by atoms with Crippen LogP contribution in [0.5, 0.6) is 5.75 Å². The lowest BCUT2D eigenvalue weighted by Gasteiger charge is -2.07. The van der Waals surface area contributed by atoms with Crippen molar-refractivity contribution in [3.05, 3.63) is 65.2 Å². The van der Waals surface area contributed by atoms with Gasteiger partial charge in [0.15, 0.2) is 0 Å². The van der Waals surface area contributed by atoms with Crippen molar-refractivity contribution in [1.82, 2.24) is 5.32 Å². The zero-order chi connectivity index (χ0) is 13.8. The maximum Gasteiger partial charge on any atom is 0.255 e. The van der Waals surface area contributed by atoms with Gasteiger partial charge >= 0.3 is 0 Å². The summed E-state index contributed by atoms with van der Waals surface area (Å²) in [6.07, 6.45) is 0. The standard InChI is InChI=1S/C14H11F2NO2/c15-10-5-6-13(18)11(7-10)14(19)17-8-9-3-1-2-4-12(9)16/h1-7,18H,8H2,(H,17,19). The molecule has 0 bridgehead atoms. The molecule has 0 saturated heterocycles. The van der Waals surface area contributed by atoms with E-state index < -0.39 is 17.5 Å². The van der Waals surface area contributed by atoms with Gasteiger partial charge in [-0.2, -0.15) is 0 Å². The van der Waals surface area contributed by atoms with Crippen LogP contribution in [0.2, 0.25) is 0 Å². The highest BCUT2D eigenvalue weighted by Crippen LogP contribution is 2.17. The molecule has 0 fully saturated rings. The van der Waals surface area contributed by atoms with E-state index in [2.05, 4.69) is 5.32 Å². The number of amides is 1. The summed E-state index contributed by atoms with van der Waals surface area (Å²) >= 11 is 0. The van der Waals surface area contributed by atoms with Crippen molar-refractivity contribution in [2.75, 3.05) is 0 Å². The first kappa shape index (κ1) is 13.0. The van der Waals surface area contributed by atoms with Crippen molar-refractivity contribution in [2.45, 2.75) is 6.54 Å². The molecule has 2 N–H and O–H groups in total. The molecular formula is C14H11F2NO2. The fourth-order valence-corrected chi connectivity index (χ4v) is 1.60. The minimum absolute atomic E-state index is 0.0402. The molecule has 0 aliphatic heterocycles. The minimum Gasteiger partial charge on any atom is -0.507 e. The van der Waals surface area contributed by atoms with Crippen LogP contribution in [0.4, 0.5) is 8.78 Å². The Morgan fingerprint density at radius 3 is 2.63 bits per heavy atom. The molecule has 0 aliphatic rings. The van der Waals surface area contributed by atoms with Crippen molar-refractivity contribution in [3.63, 3.8) is 0 Å². The van der Waals surface area contributed by atoms with Gasteiger partial charge in [0.2, 0.25) is 0 Å². The van der Waals surface area contributed by atoms with Crippen molar-refractivity contribution < 1.29 is 18.7 Å². The van der Waals surface area contributed by atoms with Gasteiger partial charge in [0, 0.05) is 12.1 Å². The molecule has 0 heterocycles. The third-order valence-corrected chi connectivity index (χ3v) is 2.60. The monoisotopic (exact) mass is 263 g/mol. The summed E-state index contributed by atoms with van der Waals surface area (Å²) < 4.78 is 26.3. The molecule has 0 spiro atoms. The molecule has 3 nitrogen and oxygen atoms in total. The molecule has 0 atom stereocenters. The Labute approximate surface area is 108 Å². The van der Waals surface area contributed by atoms with Gasteiger partial charge in [0.05, 0.1) is 5.56 Å². The molecule has 98 valence electrons. The molecule has 2 aromatic rings. The van der Waals surface area contributed by atoms with Gasteiger partial charge in [-0.05, 0) is 24.3 Å². The van der Waals surface area contributed by atoms with Crippen LogP contribution in [0.1, 0.15) is 15.9 Å². The van der Waals surface area contributed by atoms with Gasteiger partial charge in [-0.15, -0.1) is 0 Å². The van der Waals surface area contributed by atoms with Crippen LogP contribution in [0.25, 0.3) is 0 Å². The average Bonchev–Trinajstić information content (AvgIpc) is 2.40. The molecule has 0 saturated carbocycles. The first-order chi connectivity index (χ1) is 9.08. The third kappa shape index (κ3) is 3.07. The summed E-state index contributed by atoms with van der Waals surface area (Å²) in [6, 6.07) is 9.05. The number of hydrogen-bond donors (Lipinski definition) is 2. The number of aromatic hydroxyl groups is 1. The molecule has 19 heavy (non-hydrogen) atoms. The number of rotatable bonds is 3. The Morgan fingerprint density at radius 1 is 1.16 bits per heavy atom. The van der Waals surface area contributed by atoms with Gasteiger partial charge in [-0.1, -0.05) is 18.2 Å². The van der Waals surface area contributed by atoms with E-state index in [1.165, 1.54) is 12.1 Å². The third-order valence-electron chi connectivity index (χ3n) is 2.60. The second-order valence-corrected chi connectivity index (χ2v) is 3.94. The molecule has 2 rings (SSSR count). The predicted octanol–water partition coefficient (Wildman–Crippen LogP) is 2.60. The largest absolute Gasteiger partial charge is 0.507 e. The number of hydrogen-bond acceptors (Lipinski definition) is 2. The maximum absolute atomic E-state index is 13.3. The fourth-order valence-electron chi connectivity index (χ4n) is 1.60. The highest BCUT2D eigenvalue weighted by Gasteiger charge is 2.12. The Balaban J connectivity index is 2.10. The lowest BCUT2D eigenvalue weighted by molar-refractivity contribution is 0.0947. The highest BCUT2D eigenvalue weighted by atomic mass is 19.1. The number of benzene rings is 2. The van der Waals surface area contributed by atoms with Crippen LogP contribution in [0.3, 0.4) is 0 Å². The smallest absolute Gasteiger partial charge is 0.255 e. The number of nitrogens with one attached hydrogen (secondary N) is 1. The van der Waals surface area contributed by atoms with Crippen LogP contribution in [0, 0.1) is 11.6 Å². The number of phenolic OH excluding ortho intramolecular Hbond substituents is 1. The van der Waals surface area contributed by atoms with E-state index in [1.807, 2.05) is 0 Å². The normalized spacial score (nSPS) is 10.2. The summed E-state index contributed by atoms with van der Waals surface area (Å²) in [5.74, 6) is -2.06. The Hall–Kier alpha value is -2.43. The van der Waals surface area contributed by atoms with Crippen molar-refractivity contribution in [2.24, 2.45) is 0 Å². The number of halogens is 2. The zero-order valence-electron chi connectivity index (χ0n) is 9.86. The van der Waals surface area contributed by atoms with Crippen LogP contribution >= 0.6 is 0 Å². The van der Waals surface area contributed by atoms with E-state index in [9.17, 15) is 18.7 Å². The van der Waals surface area contributed by atoms with E-state index in [1.54, 1.807) is 12.1 Å². The predicted molar refractivity (Wildman–Crippen MR) is 65.6 cm³/mol. The summed E-state index contributed by atoms with van der Waals surface area (Å²) in [4.78, 5) is 11.7. The van der Waals surface area contributed by atoms with Crippen LogP contribution in [-0.2, 0) is 6.54 Å². The van der Waals surface area contributed by atoms with Crippen molar-refractivity contribution in [1.29, 1.82) is 0 Å². The summed E-state index contributed by atoms with van der Waals surface area (Å²) in [5.41, 5.74) is 0.128. The quantitative estimate of drug-likeness (QED) is 0.894. The SMILES string of the molecule is O=C(NCc1ccccc1F)c1cc(F)ccc1O. The zero-order valence-corrected chi connectivity index (χ0v) is 9.86. The first-order valence-electron chi connectivity index (χ1n) is 5.58. The minimum atomic E-state index is -0.666. The fraction of sp³-hybridized carbons (Fsp3) is 0.0714. The second kappa shape index (κ2) is 5.48. The number of phenols is 1. The Kier molecular flexibility index (Phi) is 3.75. The lowest BCUT2D eigenvalue weighted by atomic mass is 10.1. The molecular weight excluding hydrogens is 252 g/mol. The summed E-state index contributed by atoms with van der Waals surface area (Å²) in [7, 11) is 0. The molecule has 0 radical (unpaired) electrons. The summed E-state index contributed by atoms with van der Waals surface area (Å²) in [6.45, 7) is -0.0402. The average molecular weight is 263 g/mol. The molecule has 0 aromatic heterocycles. The molecule has 1 amide bonds. The molecule has 2 aromatic carbocycles. The number of carbonyl (C=O) groups is 1. The van der Waals surface area contributed by atoms with Gasteiger partial charge in [0.1, 0.15) is 17.4 Å². The number of carbonyl (C=O) groups excluding carboxylic acids is 1. The summed E-state index contributed by atoms with van der Waals surface area (Å²) in [5, 5.41) is 11.9. The van der Waals surface area contributed by atoms with Crippen molar-refractivity contribution in [3.8, 4) is 5.75 Å². The molecule has 0 aliphatic carbocycles. The van der Waals surface area contributed by atoms with E-state index in [-0.39, 0.29) is 17.9 Å². The van der Waals surface area contributed by atoms with E-state index in [0.717, 1.165) is 18.2 Å². The van der Waals surface area contributed by atoms with Crippen molar-refractivity contribution >= 4 is 5.91 Å². The molecule has 0 unspecified atom stereocenters.